The lowest BCUT2D eigenvalue weighted by Gasteiger charge is -2.42. The minimum atomic E-state index is -0.464. The predicted octanol–water partition coefficient (Wildman–Crippen LogP) is 2.69. The normalized spacial score (nSPS) is 25.0. The molecule has 1 aromatic carbocycles. The Kier molecular flexibility index (Phi) is 5.48. The number of hydrogen-bond donors (Lipinski definition) is 1. The molecule has 0 radical (unpaired) electrons. The van der Waals surface area contributed by atoms with Gasteiger partial charge in [-0.15, -0.1) is 0 Å². The summed E-state index contributed by atoms with van der Waals surface area (Å²) in [6, 6.07) is 8.16. The smallest absolute Gasteiger partial charge is 0.118 e. The Bertz CT molecular complexity index is 466. The second-order valence-corrected chi connectivity index (χ2v) is 7.34. The molecule has 1 aliphatic rings. The lowest BCUT2D eigenvalue weighted by atomic mass is 9.85. The van der Waals surface area contributed by atoms with Gasteiger partial charge < -0.3 is 14.6 Å². The van der Waals surface area contributed by atoms with Crippen LogP contribution in [-0.2, 0) is 11.3 Å². The third-order valence-corrected chi connectivity index (χ3v) is 4.17. The van der Waals surface area contributed by atoms with Crippen molar-refractivity contribution in [2.24, 2.45) is 5.41 Å². The fourth-order valence-electron chi connectivity index (χ4n) is 2.93. The molecule has 0 aromatic heterocycles. The van der Waals surface area contributed by atoms with E-state index >= 15 is 0 Å². The minimum Gasteiger partial charge on any atom is -0.497 e. The van der Waals surface area contributed by atoms with Gasteiger partial charge in [-0.3, -0.25) is 4.90 Å². The molecule has 0 amide bonds. The van der Waals surface area contributed by atoms with Gasteiger partial charge in [0, 0.05) is 19.6 Å². The molecule has 1 unspecified atom stereocenters. The second-order valence-electron chi connectivity index (χ2n) is 7.34. The summed E-state index contributed by atoms with van der Waals surface area (Å²) in [4.78, 5) is 2.36. The van der Waals surface area contributed by atoms with Crippen molar-refractivity contribution in [1.29, 1.82) is 0 Å². The Morgan fingerprint density at radius 1 is 1.27 bits per heavy atom. The first kappa shape index (κ1) is 17.3. The standard InChI is InChI=1S/C18H29NO3/c1-13-10-19(11-14-6-8-15(21-5)9-7-14)12-16(22-13)17(20)18(2,3)4/h6-9,13,16-17,20H,10-12H2,1-5H3/t13-,16-,17?/m0/s1. The Labute approximate surface area is 134 Å². The first-order valence-electron chi connectivity index (χ1n) is 7.98. The molecule has 0 spiro atoms. The van der Waals surface area contributed by atoms with E-state index < -0.39 is 6.10 Å². The molecule has 1 heterocycles. The van der Waals surface area contributed by atoms with Crippen molar-refractivity contribution < 1.29 is 14.6 Å². The van der Waals surface area contributed by atoms with Crippen LogP contribution in [0.1, 0.15) is 33.3 Å². The van der Waals surface area contributed by atoms with Crippen LogP contribution in [0.3, 0.4) is 0 Å². The average molecular weight is 307 g/mol. The number of hydrogen-bond acceptors (Lipinski definition) is 4. The summed E-state index contributed by atoms with van der Waals surface area (Å²) in [5, 5.41) is 10.5. The summed E-state index contributed by atoms with van der Waals surface area (Å²) in [5.41, 5.74) is 1.08. The number of aliphatic hydroxyl groups excluding tert-OH is 1. The van der Waals surface area contributed by atoms with E-state index in [2.05, 4.69) is 24.0 Å². The second kappa shape index (κ2) is 6.99. The number of benzene rings is 1. The monoisotopic (exact) mass is 307 g/mol. The Morgan fingerprint density at radius 3 is 2.45 bits per heavy atom. The molecule has 3 atom stereocenters. The van der Waals surface area contributed by atoms with E-state index in [0.717, 1.165) is 25.4 Å². The van der Waals surface area contributed by atoms with Crippen molar-refractivity contribution in [1.82, 2.24) is 4.90 Å². The summed E-state index contributed by atoms with van der Waals surface area (Å²) >= 11 is 0. The van der Waals surface area contributed by atoms with Gasteiger partial charge in [-0.05, 0) is 30.0 Å². The highest BCUT2D eigenvalue weighted by Crippen LogP contribution is 2.27. The van der Waals surface area contributed by atoms with Crippen LogP contribution >= 0.6 is 0 Å². The van der Waals surface area contributed by atoms with E-state index in [1.54, 1.807) is 7.11 Å². The van der Waals surface area contributed by atoms with Gasteiger partial charge in [-0.2, -0.15) is 0 Å². The van der Waals surface area contributed by atoms with Crippen molar-refractivity contribution in [2.45, 2.75) is 52.6 Å². The van der Waals surface area contributed by atoms with Crippen LogP contribution in [0, 0.1) is 5.41 Å². The molecule has 1 aromatic rings. The number of morpholine rings is 1. The topological polar surface area (TPSA) is 41.9 Å². The predicted molar refractivity (Wildman–Crippen MR) is 88.1 cm³/mol. The fraction of sp³-hybridized carbons (Fsp3) is 0.667. The van der Waals surface area contributed by atoms with Crippen molar-refractivity contribution in [3.05, 3.63) is 29.8 Å². The van der Waals surface area contributed by atoms with Crippen molar-refractivity contribution in [3.63, 3.8) is 0 Å². The molecule has 0 aliphatic carbocycles. The third-order valence-electron chi connectivity index (χ3n) is 4.17. The summed E-state index contributed by atoms with van der Waals surface area (Å²) in [7, 11) is 1.68. The Morgan fingerprint density at radius 2 is 1.91 bits per heavy atom. The van der Waals surface area contributed by atoms with Crippen LogP contribution in [0.2, 0.25) is 0 Å². The number of methoxy groups -OCH3 is 1. The minimum absolute atomic E-state index is 0.133. The molecular weight excluding hydrogens is 278 g/mol. The number of rotatable bonds is 4. The molecule has 0 saturated carbocycles. The zero-order valence-corrected chi connectivity index (χ0v) is 14.4. The van der Waals surface area contributed by atoms with E-state index in [9.17, 15) is 5.11 Å². The lowest BCUT2D eigenvalue weighted by molar-refractivity contribution is -0.150. The van der Waals surface area contributed by atoms with Crippen molar-refractivity contribution in [3.8, 4) is 5.75 Å². The highest BCUT2D eigenvalue weighted by molar-refractivity contribution is 5.27. The molecule has 124 valence electrons. The molecule has 1 fully saturated rings. The summed E-state index contributed by atoms with van der Waals surface area (Å²) in [6.45, 7) is 10.7. The number of aliphatic hydroxyl groups is 1. The first-order valence-corrected chi connectivity index (χ1v) is 7.98. The average Bonchev–Trinajstić information content (AvgIpc) is 2.45. The zero-order chi connectivity index (χ0) is 16.3. The maximum atomic E-state index is 10.5. The summed E-state index contributed by atoms with van der Waals surface area (Å²) in [6.07, 6.45) is -0.468. The van der Waals surface area contributed by atoms with Crippen LogP contribution < -0.4 is 4.74 Å². The van der Waals surface area contributed by atoms with Crippen LogP contribution in [0.15, 0.2) is 24.3 Å². The summed E-state index contributed by atoms with van der Waals surface area (Å²) < 4.78 is 11.2. The van der Waals surface area contributed by atoms with Crippen molar-refractivity contribution in [2.75, 3.05) is 20.2 Å². The molecule has 22 heavy (non-hydrogen) atoms. The van der Waals surface area contributed by atoms with Gasteiger partial charge >= 0.3 is 0 Å². The van der Waals surface area contributed by atoms with Crippen LogP contribution in [-0.4, -0.2) is 48.5 Å². The van der Waals surface area contributed by atoms with Crippen molar-refractivity contribution >= 4 is 0 Å². The molecule has 0 bridgehead atoms. The highest BCUT2D eigenvalue weighted by Gasteiger charge is 2.36. The van der Waals surface area contributed by atoms with Gasteiger partial charge in [0.25, 0.3) is 0 Å². The van der Waals surface area contributed by atoms with Gasteiger partial charge in [-0.1, -0.05) is 32.9 Å². The molecule has 1 N–H and O–H groups in total. The maximum Gasteiger partial charge on any atom is 0.118 e. The third kappa shape index (κ3) is 4.45. The highest BCUT2D eigenvalue weighted by atomic mass is 16.5. The molecule has 1 saturated heterocycles. The molecule has 4 nitrogen and oxygen atoms in total. The molecule has 4 heteroatoms. The number of nitrogens with zero attached hydrogens (tertiary/aromatic N) is 1. The van der Waals surface area contributed by atoms with Gasteiger partial charge in [0.15, 0.2) is 0 Å². The zero-order valence-electron chi connectivity index (χ0n) is 14.4. The quantitative estimate of drug-likeness (QED) is 0.928. The molecular formula is C18H29NO3. The number of ether oxygens (including phenoxy) is 2. The largest absolute Gasteiger partial charge is 0.497 e. The fourth-order valence-corrected chi connectivity index (χ4v) is 2.93. The van der Waals surface area contributed by atoms with Gasteiger partial charge in [0.2, 0.25) is 0 Å². The Hall–Kier alpha value is -1.10. The Balaban J connectivity index is 2.01. The van der Waals surface area contributed by atoms with E-state index in [1.807, 2.05) is 32.9 Å². The first-order chi connectivity index (χ1) is 10.3. The maximum absolute atomic E-state index is 10.5. The van der Waals surface area contributed by atoms with Crippen LogP contribution in [0.25, 0.3) is 0 Å². The molecule has 1 aliphatic heterocycles. The SMILES string of the molecule is COc1ccc(CN2C[C@@H](C(O)C(C)(C)C)O[C@@H](C)C2)cc1. The lowest BCUT2D eigenvalue weighted by Crippen LogP contribution is -2.53. The van der Waals surface area contributed by atoms with Gasteiger partial charge in [-0.25, -0.2) is 0 Å². The van der Waals surface area contributed by atoms with Gasteiger partial charge in [0.1, 0.15) is 5.75 Å². The summed E-state index contributed by atoms with van der Waals surface area (Å²) in [5.74, 6) is 0.875. The van der Waals surface area contributed by atoms with E-state index in [0.29, 0.717) is 0 Å². The van der Waals surface area contributed by atoms with Gasteiger partial charge in [0.05, 0.1) is 25.4 Å². The molecule has 2 rings (SSSR count). The van der Waals surface area contributed by atoms with Crippen LogP contribution in [0.5, 0.6) is 5.75 Å². The van der Waals surface area contributed by atoms with E-state index in [-0.39, 0.29) is 17.6 Å². The van der Waals surface area contributed by atoms with E-state index in [4.69, 9.17) is 9.47 Å². The van der Waals surface area contributed by atoms with Crippen LogP contribution in [0.4, 0.5) is 0 Å². The van der Waals surface area contributed by atoms with E-state index in [1.165, 1.54) is 5.56 Å².